The molecule has 1 aromatic carbocycles. The van der Waals surface area contributed by atoms with Crippen molar-refractivity contribution in [3.8, 4) is 0 Å². The molecule has 1 heterocycles. The fourth-order valence-corrected chi connectivity index (χ4v) is 1.93. The third kappa shape index (κ3) is 2.13. The molecule has 1 amide bonds. The first-order valence-corrected chi connectivity index (χ1v) is 5.15. The van der Waals surface area contributed by atoms with Crippen LogP contribution in [0.5, 0.6) is 0 Å². The minimum absolute atomic E-state index is 0.0640. The predicted molar refractivity (Wildman–Crippen MR) is 61.7 cm³/mol. The minimum atomic E-state index is -0.0640. The number of carbonyl (C=O) groups excluding carboxylic acids is 1. The summed E-state index contributed by atoms with van der Waals surface area (Å²) < 4.78 is 0. The normalized spacial score (nSPS) is 15.8. The van der Waals surface area contributed by atoms with Crippen molar-refractivity contribution in [3.63, 3.8) is 0 Å². The lowest BCUT2D eigenvalue weighted by molar-refractivity contribution is -0.116. The van der Waals surface area contributed by atoms with E-state index in [0.717, 1.165) is 5.71 Å². The highest BCUT2D eigenvalue weighted by Crippen LogP contribution is 2.27. The van der Waals surface area contributed by atoms with E-state index >= 15 is 0 Å². The van der Waals surface area contributed by atoms with Crippen molar-refractivity contribution in [1.29, 1.82) is 0 Å². The molecule has 15 heavy (non-hydrogen) atoms. The van der Waals surface area contributed by atoms with Crippen molar-refractivity contribution in [2.75, 3.05) is 5.01 Å². The highest BCUT2D eigenvalue weighted by molar-refractivity contribution is 6.35. The summed E-state index contributed by atoms with van der Waals surface area (Å²) in [6, 6.07) is 4.94. The third-order valence-electron chi connectivity index (χ3n) is 2.01. The molecule has 0 N–H and O–H groups in total. The molecule has 0 atom stereocenters. The molecule has 78 valence electrons. The van der Waals surface area contributed by atoms with Gasteiger partial charge in [0, 0.05) is 15.8 Å². The number of rotatable bonds is 1. The van der Waals surface area contributed by atoms with Gasteiger partial charge in [-0.2, -0.15) is 5.10 Å². The molecular formula is C10H8Cl2N2O. The van der Waals surface area contributed by atoms with Gasteiger partial charge in [0.1, 0.15) is 0 Å². The lowest BCUT2D eigenvalue weighted by Crippen LogP contribution is -2.19. The second-order valence-corrected chi connectivity index (χ2v) is 4.22. The van der Waals surface area contributed by atoms with Crippen molar-refractivity contribution in [2.45, 2.75) is 13.3 Å². The summed E-state index contributed by atoms with van der Waals surface area (Å²) in [5.74, 6) is -0.0640. The van der Waals surface area contributed by atoms with Crippen molar-refractivity contribution < 1.29 is 4.79 Å². The van der Waals surface area contributed by atoms with Crippen molar-refractivity contribution in [3.05, 3.63) is 28.2 Å². The van der Waals surface area contributed by atoms with Crippen LogP contribution in [0.2, 0.25) is 10.0 Å². The second kappa shape index (κ2) is 3.83. The van der Waals surface area contributed by atoms with E-state index in [9.17, 15) is 4.79 Å². The van der Waals surface area contributed by atoms with E-state index in [1.807, 2.05) is 6.92 Å². The van der Waals surface area contributed by atoms with Crippen LogP contribution in [-0.2, 0) is 4.79 Å². The Labute approximate surface area is 97.3 Å². The number of benzene rings is 1. The maximum atomic E-state index is 11.5. The molecule has 0 spiro atoms. The Balaban J connectivity index is 2.41. The molecular weight excluding hydrogens is 235 g/mol. The summed E-state index contributed by atoms with van der Waals surface area (Å²) in [6.45, 7) is 1.81. The number of hydrogen-bond donors (Lipinski definition) is 0. The van der Waals surface area contributed by atoms with Crippen LogP contribution < -0.4 is 5.01 Å². The minimum Gasteiger partial charge on any atom is -0.272 e. The molecule has 0 fully saturated rings. The van der Waals surface area contributed by atoms with E-state index in [1.165, 1.54) is 5.01 Å². The summed E-state index contributed by atoms with van der Waals surface area (Å²) in [5, 5.41) is 6.41. The average Bonchev–Trinajstić information content (AvgIpc) is 2.43. The predicted octanol–water partition coefficient (Wildman–Crippen LogP) is 3.11. The van der Waals surface area contributed by atoms with E-state index in [4.69, 9.17) is 23.2 Å². The molecule has 3 nitrogen and oxygen atoms in total. The monoisotopic (exact) mass is 242 g/mol. The zero-order valence-corrected chi connectivity index (χ0v) is 9.51. The fourth-order valence-electron chi connectivity index (χ4n) is 1.42. The van der Waals surface area contributed by atoms with Gasteiger partial charge in [0.25, 0.3) is 5.91 Å². The smallest absolute Gasteiger partial charge is 0.253 e. The summed E-state index contributed by atoms with van der Waals surface area (Å²) in [5.41, 5.74) is 1.39. The number of halogens is 2. The maximum absolute atomic E-state index is 11.5. The molecule has 1 aliphatic rings. The van der Waals surface area contributed by atoms with Crippen LogP contribution in [0.1, 0.15) is 13.3 Å². The molecule has 0 bridgehead atoms. The van der Waals surface area contributed by atoms with E-state index in [2.05, 4.69) is 5.10 Å². The van der Waals surface area contributed by atoms with Crippen LogP contribution in [0.25, 0.3) is 0 Å². The third-order valence-corrected chi connectivity index (χ3v) is 2.44. The molecule has 0 radical (unpaired) electrons. The highest BCUT2D eigenvalue weighted by atomic mass is 35.5. The lowest BCUT2D eigenvalue weighted by atomic mass is 10.3. The quantitative estimate of drug-likeness (QED) is 0.745. The molecule has 0 aliphatic carbocycles. The van der Waals surface area contributed by atoms with E-state index in [0.29, 0.717) is 22.2 Å². The van der Waals surface area contributed by atoms with Crippen molar-refractivity contribution in [2.24, 2.45) is 5.10 Å². The fraction of sp³-hybridized carbons (Fsp3) is 0.200. The number of hydrazone groups is 1. The summed E-state index contributed by atoms with van der Waals surface area (Å²) in [6.07, 6.45) is 0.351. The van der Waals surface area contributed by atoms with Crippen LogP contribution in [-0.4, -0.2) is 11.6 Å². The number of carbonyl (C=O) groups is 1. The SMILES string of the molecule is CC1=NN(c2cc(Cl)cc(Cl)c2)C(=O)C1. The maximum Gasteiger partial charge on any atom is 0.253 e. The van der Waals surface area contributed by atoms with Crippen molar-refractivity contribution in [1.82, 2.24) is 0 Å². The number of hydrogen-bond acceptors (Lipinski definition) is 2. The Kier molecular flexibility index (Phi) is 2.67. The van der Waals surface area contributed by atoms with Gasteiger partial charge in [-0.3, -0.25) is 4.79 Å². The summed E-state index contributed by atoms with van der Waals surface area (Å²) in [4.78, 5) is 11.5. The summed E-state index contributed by atoms with van der Waals surface area (Å²) in [7, 11) is 0. The van der Waals surface area contributed by atoms with Crippen LogP contribution in [0.3, 0.4) is 0 Å². The first-order valence-electron chi connectivity index (χ1n) is 4.39. The van der Waals surface area contributed by atoms with Gasteiger partial charge >= 0.3 is 0 Å². The van der Waals surface area contributed by atoms with Gasteiger partial charge in [-0.25, -0.2) is 5.01 Å². The van der Waals surface area contributed by atoms with Crippen LogP contribution in [0, 0.1) is 0 Å². The lowest BCUT2D eigenvalue weighted by Gasteiger charge is -2.12. The Morgan fingerprint density at radius 1 is 1.27 bits per heavy atom. The second-order valence-electron chi connectivity index (χ2n) is 3.35. The van der Waals surface area contributed by atoms with Crippen LogP contribution in [0.15, 0.2) is 23.3 Å². The Bertz CT molecular complexity index is 436. The zero-order chi connectivity index (χ0) is 11.0. The molecule has 1 aliphatic heterocycles. The molecule has 0 saturated carbocycles. The first-order chi connectivity index (χ1) is 7.06. The highest BCUT2D eigenvalue weighted by Gasteiger charge is 2.23. The van der Waals surface area contributed by atoms with E-state index in [-0.39, 0.29) is 5.91 Å². The standard InChI is InChI=1S/C10H8Cl2N2O/c1-6-2-10(15)14(13-6)9-4-7(11)3-8(12)5-9/h3-5H,2H2,1H3. The number of nitrogens with zero attached hydrogens (tertiary/aromatic N) is 2. The van der Waals surface area contributed by atoms with E-state index < -0.39 is 0 Å². The van der Waals surface area contributed by atoms with Crippen LogP contribution in [0.4, 0.5) is 5.69 Å². The number of amides is 1. The zero-order valence-electron chi connectivity index (χ0n) is 8.00. The Morgan fingerprint density at radius 3 is 2.33 bits per heavy atom. The van der Waals surface area contributed by atoms with Gasteiger partial charge in [0.2, 0.25) is 0 Å². The topological polar surface area (TPSA) is 32.7 Å². The number of anilines is 1. The van der Waals surface area contributed by atoms with Crippen molar-refractivity contribution >= 4 is 40.5 Å². The summed E-state index contributed by atoms with van der Waals surface area (Å²) >= 11 is 11.7. The van der Waals surface area contributed by atoms with Gasteiger partial charge in [0.05, 0.1) is 12.1 Å². The Hall–Kier alpha value is -1.06. The molecule has 0 aromatic heterocycles. The molecule has 1 aromatic rings. The largest absolute Gasteiger partial charge is 0.272 e. The van der Waals surface area contributed by atoms with Crippen LogP contribution >= 0.6 is 23.2 Å². The van der Waals surface area contributed by atoms with Gasteiger partial charge < -0.3 is 0 Å². The van der Waals surface area contributed by atoms with Gasteiger partial charge in [-0.15, -0.1) is 0 Å². The van der Waals surface area contributed by atoms with Gasteiger partial charge in [0.15, 0.2) is 0 Å². The van der Waals surface area contributed by atoms with Gasteiger partial charge in [-0.05, 0) is 25.1 Å². The average molecular weight is 243 g/mol. The molecule has 0 unspecified atom stereocenters. The molecule has 5 heteroatoms. The molecule has 2 rings (SSSR count). The Morgan fingerprint density at radius 2 is 1.87 bits per heavy atom. The van der Waals surface area contributed by atoms with Gasteiger partial charge in [-0.1, -0.05) is 23.2 Å². The first kappa shape index (κ1) is 10.5. The van der Waals surface area contributed by atoms with E-state index in [1.54, 1.807) is 18.2 Å². The molecule has 0 saturated heterocycles.